The Balaban J connectivity index is 1.23. The second-order valence-corrected chi connectivity index (χ2v) is 17.2. The van der Waals surface area contributed by atoms with Crippen molar-refractivity contribution in [3.8, 4) is 32.3 Å². The number of imidazole rings is 2. The van der Waals surface area contributed by atoms with Crippen molar-refractivity contribution in [3.05, 3.63) is 59.4 Å². The van der Waals surface area contributed by atoms with Crippen LogP contribution >= 0.6 is 11.3 Å². The molecule has 5 N–H and O–H groups in total. The molecule has 0 spiro atoms. The number of aromatic nitrogens is 4. The van der Waals surface area contributed by atoms with E-state index < -0.39 is 30.6 Å². The molecular formula is C44H62N8O7S. The van der Waals surface area contributed by atoms with E-state index in [1.54, 1.807) is 22.4 Å². The number of likely N-dealkylation sites (N-methyl/N-ethyl adjacent to an activating group) is 1. The van der Waals surface area contributed by atoms with Gasteiger partial charge in [-0.2, -0.15) is 0 Å². The molecule has 1 aromatic carbocycles. The largest absolute Gasteiger partial charge is 0.453 e. The highest BCUT2D eigenvalue weighted by molar-refractivity contribution is 7.19. The Morgan fingerprint density at radius 3 is 2.22 bits per heavy atom. The molecule has 3 amide bonds. The molecule has 1 saturated heterocycles. The monoisotopic (exact) mass is 846 g/mol. The van der Waals surface area contributed by atoms with E-state index in [1.807, 2.05) is 52.6 Å². The highest BCUT2D eigenvalue weighted by atomic mass is 32.1. The Labute approximate surface area is 357 Å². The maximum atomic E-state index is 13.9. The van der Waals surface area contributed by atoms with Crippen LogP contribution < -0.4 is 10.6 Å². The van der Waals surface area contributed by atoms with Crippen molar-refractivity contribution in [2.45, 2.75) is 111 Å². The minimum Gasteiger partial charge on any atom is -0.453 e. The normalized spacial score (nSPS) is 17.4. The van der Waals surface area contributed by atoms with E-state index in [0.717, 1.165) is 66.9 Å². The fourth-order valence-corrected chi connectivity index (χ4v) is 9.74. The lowest BCUT2D eigenvalue weighted by Gasteiger charge is -2.33. The first kappa shape index (κ1) is 44.9. The number of thiophene rings is 1. The summed E-state index contributed by atoms with van der Waals surface area (Å²) >= 11 is 1.79. The predicted octanol–water partition coefficient (Wildman–Crippen LogP) is 6.58. The second-order valence-electron chi connectivity index (χ2n) is 16.2. The maximum Gasteiger partial charge on any atom is 0.407 e. The molecule has 3 aromatic heterocycles. The summed E-state index contributed by atoms with van der Waals surface area (Å²) in [7, 11) is 2.68. The summed E-state index contributed by atoms with van der Waals surface area (Å²) in [6, 6.07) is 6.46. The van der Waals surface area contributed by atoms with E-state index in [9.17, 15) is 19.5 Å². The SMILES string of the molecule is CCOC[C@@H](c1ncc(-c2ccc(-c3sc(-c4cnc([C@@H]5CCCN5C(=O)[C@@H](NC(O)OC)C(C)C)[nH]4)c4c3CCCC4)cc2)[nH]1)N(CC)C(=O)[C@@H](NC(=O)OC)C(C)C. The van der Waals surface area contributed by atoms with Gasteiger partial charge in [-0.15, -0.1) is 11.3 Å². The van der Waals surface area contributed by atoms with Crippen molar-refractivity contribution < 1.29 is 33.7 Å². The van der Waals surface area contributed by atoms with Gasteiger partial charge >= 0.3 is 6.09 Å². The number of carbonyl (C=O) groups is 3. The summed E-state index contributed by atoms with van der Waals surface area (Å²) in [5, 5.41) is 15.7. The molecule has 1 unspecified atom stereocenters. The molecule has 0 radical (unpaired) electrons. The Kier molecular flexibility index (Phi) is 15.2. The molecule has 60 heavy (non-hydrogen) atoms. The van der Waals surface area contributed by atoms with E-state index in [1.165, 1.54) is 35.1 Å². The molecule has 1 aliphatic carbocycles. The number of aromatic amines is 2. The van der Waals surface area contributed by atoms with Crippen molar-refractivity contribution >= 4 is 29.2 Å². The van der Waals surface area contributed by atoms with Crippen molar-refractivity contribution in [2.24, 2.45) is 11.8 Å². The van der Waals surface area contributed by atoms with E-state index in [-0.39, 0.29) is 36.3 Å². The molecule has 0 saturated carbocycles. The fraction of sp³-hybridized carbons (Fsp3) is 0.568. The third-order valence-corrected chi connectivity index (χ3v) is 13.0. The molecular weight excluding hydrogens is 785 g/mol. The smallest absolute Gasteiger partial charge is 0.407 e. The van der Waals surface area contributed by atoms with Crippen LogP contribution in [-0.2, 0) is 36.6 Å². The zero-order valence-electron chi connectivity index (χ0n) is 36.2. The number of hydrogen-bond donors (Lipinski definition) is 5. The molecule has 16 heteroatoms. The molecule has 6 rings (SSSR count). The van der Waals surface area contributed by atoms with E-state index in [4.69, 9.17) is 24.2 Å². The van der Waals surface area contributed by atoms with Crippen LogP contribution in [0.2, 0.25) is 0 Å². The molecule has 0 bridgehead atoms. The number of rotatable bonds is 18. The zero-order chi connectivity index (χ0) is 43.1. The minimum absolute atomic E-state index is 0.0494. The predicted molar refractivity (Wildman–Crippen MR) is 231 cm³/mol. The lowest BCUT2D eigenvalue weighted by Crippen LogP contribution is -2.52. The number of aliphatic hydroxyl groups excluding tert-OH is 1. The molecule has 4 aromatic rings. The van der Waals surface area contributed by atoms with Crippen molar-refractivity contribution in [2.75, 3.05) is 40.5 Å². The second kappa shape index (κ2) is 20.3. The van der Waals surface area contributed by atoms with Crippen LogP contribution in [-0.4, -0.2) is 112 Å². The number of H-pyrrole nitrogens is 2. The van der Waals surface area contributed by atoms with Gasteiger partial charge in [0.25, 0.3) is 0 Å². The number of nitrogens with one attached hydrogen (secondary N) is 4. The number of alkyl carbamates (subject to hydrolysis) is 1. The van der Waals surface area contributed by atoms with Gasteiger partial charge < -0.3 is 44.4 Å². The van der Waals surface area contributed by atoms with Gasteiger partial charge in [0.2, 0.25) is 18.2 Å². The maximum absolute atomic E-state index is 13.9. The average Bonchev–Trinajstić information content (AvgIpc) is 4.09. The van der Waals surface area contributed by atoms with Gasteiger partial charge in [0, 0.05) is 31.7 Å². The Bertz CT molecular complexity index is 2060. The summed E-state index contributed by atoms with van der Waals surface area (Å²) in [5.41, 5.74) is 6.64. The highest BCUT2D eigenvalue weighted by Gasteiger charge is 2.38. The fourth-order valence-electron chi connectivity index (χ4n) is 8.38. The van der Waals surface area contributed by atoms with Crippen LogP contribution in [0.15, 0.2) is 36.7 Å². The van der Waals surface area contributed by atoms with E-state index in [0.29, 0.717) is 25.5 Å². The van der Waals surface area contributed by atoms with Gasteiger partial charge in [0.15, 0.2) is 0 Å². The van der Waals surface area contributed by atoms with E-state index >= 15 is 0 Å². The van der Waals surface area contributed by atoms with Crippen LogP contribution in [0.4, 0.5) is 4.79 Å². The van der Waals surface area contributed by atoms with Gasteiger partial charge in [-0.1, -0.05) is 52.0 Å². The van der Waals surface area contributed by atoms with E-state index in [2.05, 4.69) is 44.9 Å². The topological polar surface area (TPSA) is 187 Å². The minimum atomic E-state index is -1.23. The number of likely N-dealkylation sites (tertiary alicyclic amines) is 1. The molecule has 326 valence electrons. The van der Waals surface area contributed by atoms with Crippen LogP contribution in [0.3, 0.4) is 0 Å². The number of carbonyl (C=O) groups excluding carboxylic acids is 3. The molecule has 4 heterocycles. The third-order valence-electron chi connectivity index (χ3n) is 11.6. The van der Waals surface area contributed by atoms with Crippen molar-refractivity contribution in [1.82, 2.24) is 40.4 Å². The number of fused-ring (bicyclic) bond motifs is 1. The Morgan fingerprint density at radius 2 is 1.58 bits per heavy atom. The lowest BCUT2D eigenvalue weighted by molar-refractivity contribution is -0.145. The molecule has 2 aliphatic rings. The standard InChI is InChI=1S/C44H62N8O7S/c1-9-51(41(53)35(25(3)4)49-43(55)57-7)34(24-59-10-2)40-45-22-31(47-40)27-17-19-28(20-18-27)37-29-14-11-12-15-30(29)38(60-37)32-23-46-39(48-32)33-16-13-21-52(33)42(54)36(26(5)6)50-44(56)58-8/h17-20,22-23,25-26,33-36,44,50,56H,9-16,21,24H2,1-8H3,(H,45,47)(H,46,48)(H,49,55)/t33-,34-,35-,36-,44?/m0/s1. The number of amides is 3. The summed E-state index contributed by atoms with van der Waals surface area (Å²) < 4.78 is 15.7. The molecule has 1 aliphatic heterocycles. The Morgan fingerprint density at radius 1 is 0.917 bits per heavy atom. The van der Waals surface area contributed by atoms with Gasteiger partial charge in [-0.05, 0) is 86.5 Å². The quantitative estimate of drug-likeness (QED) is 0.0685. The summed E-state index contributed by atoms with van der Waals surface area (Å²) in [5.74, 6) is 0.849. The molecule has 15 nitrogen and oxygen atoms in total. The number of ether oxygens (including phenoxy) is 3. The first-order chi connectivity index (χ1) is 28.9. The number of nitrogens with zero attached hydrogens (tertiary/aromatic N) is 4. The van der Waals surface area contributed by atoms with Gasteiger partial charge in [-0.25, -0.2) is 14.8 Å². The van der Waals surface area contributed by atoms with Gasteiger partial charge in [0.05, 0.1) is 54.5 Å². The molecule has 5 atom stereocenters. The van der Waals surface area contributed by atoms with Crippen molar-refractivity contribution in [3.63, 3.8) is 0 Å². The Hall–Kier alpha value is -4.61. The van der Waals surface area contributed by atoms with Gasteiger partial charge in [0.1, 0.15) is 23.7 Å². The highest BCUT2D eigenvalue weighted by Crippen LogP contribution is 2.46. The van der Waals surface area contributed by atoms with Gasteiger partial charge in [-0.3, -0.25) is 14.9 Å². The summed E-state index contributed by atoms with van der Waals surface area (Å²) in [6.45, 7) is 13.2. The average molecular weight is 847 g/mol. The van der Waals surface area contributed by atoms with Crippen LogP contribution in [0.5, 0.6) is 0 Å². The number of aliphatic hydroxyl groups is 1. The van der Waals surface area contributed by atoms with Crippen LogP contribution in [0.1, 0.15) is 102 Å². The lowest BCUT2D eigenvalue weighted by atomic mass is 9.90. The van der Waals surface area contributed by atoms with Crippen LogP contribution in [0, 0.1) is 11.8 Å². The van der Waals surface area contributed by atoms with Crippen molar-refractivity contribution in [1.29, 1.82) is 0 Å². The first-order valence-electron chi connectivity index (χ1n) is 21.3. The summed E-state index contributed by atoms with van der Waals surface area (Å²) in [6.07, 6.45) is 7.77. The zero-order valence-corrected chi connectivity index (χ0v) is 37.0. The first-order valence-corrected chi connectivity index (χ1v) is 22.1. The van der Waals surface area contributed by atoms with Crippen LogP contribution in [0.25, 0.3) is 32.3 Å². The number of methoxy groups -OCH3 is 2. The number of hydrogen-bond acceptors (Lipinski definition) is 11. The third kappa shape index (κ3) is 9.78. The number of benzene rings is 1. The molecule has 1 fully saturated rings. The summed E-state index contributed by atoms with van der Waals surface area (Å²) in [4.78, 5) is 62.5.